The van der Waals surface area contributed by atoms with Crippen LogP contribution in [0.5, 0.6) is 0 Å². The average molecular weight is 437 g/mol. The highest BCUT2D eigenvalue weighted by atomic mass is 35.5. The van der Waals surface area contributed by atoms with E-state index in [9.17, 15) is 4.79 Å². The quantitative estimate of drug-likeness (QED) is 0.358. The minimum atomic E-state index is -0.0376. The molecule has 0 aliphatic heterocycles. The van der Waals surface area contributed by atoms with Crippen LogP contribution in [-0.4, -0.2) is 9.55 Å². The maximum atomic E-state index is 13.8. The lowest BCUT2D eigenvalue weighted by molar-refractivity contribution is 0.416. The summed E-state index contributed by atoms with van der Waals surface area (Å²) in [7, 11) is 0. The Morgan fingerprint density at radius 2 is 1.83 bits per heavy atom. The third-order valence-electron chi connectivity index (χ3n) is 6.62. The number of nitrogens with zero attached hydrogens (tertiary/aromatic N) is 2. The lowest BCUT2D eigenvalue weighted by Crippen LogP contribution is -2.40. The summed E-state index contributed by atoms with van der Waals surface area (Å²) in [5.74, 6) is 0.759. The zero-order valence-corrected chi connectivity index (χ0v) is 18.7. The first-order valence-electron chi connectivity index (χ1n) is 10.7. The summed E-state index contributed by atoms with van der Waals surface area (Å²) in [6, 6.07) is 16.4. The summed E-state index contributed by atoms with van der Waals surface area (Å²) in [5.41, 5.74) is 5.66. The molecule has 0 amide bonds. The molecule has 1 spiro atoms. The summed E-state index contributed by atoms with van der Waals surface area (Å²) in [5, 5.41) is 1.54. The van der Waals surface area contributed by atoms with Gasteiger partial charge in [0.1, 0.15) is 0 Å². The van der Waals surface area contributed by atoms with Crippen LogP contribution < -0.4 is 5.56 Å². The Kier molecular flexibility index (Phi) is 5.24. The number of fused-ring (bicyclic) bond motifs is 4. The van der Waals surface area contributed by atoms with Gasteiger partial charge in [-0.2, -0.15) is 0 Å². The Morgan fingerprint density at radius 1 is 1.10 bits per heavy atom. The molecule has 154 valence electrons. The Labute approximate surface area is 186 Å². The second-order valence-corrected chi connectivity index (χ2v) is 9.78. The highest BCUT2D eigenvalue weighted by Gasteiger charge is 2.44. The maximum absolute atomic E-state index is 13.8. The summed E-state index contributed by atoms with van der Waals surface area (Å²) >= 11 is 7.65. The van der Waals surface area contributed by atoms with Gasteiger partial charge in [-0.05, 0) is 49.4 Å². The van der Waals surface area contributed by atoms with Crippen molar-refractivity contribution in [1.82, 2.24) is 9.55 Å². The van der Waals surface area contributed by atoms with E-state index in [1.54, 1.807) is 11.8 Å². The van der Waals surface area contributed by atoms with Crippen molar-refractivity contribution in [2.24, 2.45) is 0 Å². The second-order valence-electron chi connectivity index (χ2n) is 8.40. The van der Waals surface area contributed by atoms with Gasteiger partial charge in [0.05, 0.1) is 11.3 Å². The lowest BCUT2D eigenvalue weighted by Gasteiger charge is -2.36. The number of rotatable bonds is 4. The Morgan fingerprint density at radius 3 is 2.57 bits per heavy atom. The smallest absolute Gasteiger partial charge is 0.258 e. The van der Waals surface area contributed by atoms with Gasteiger partial charge in [-0.1, -0.05) is 72.6 Å². The first-order valence-corrected chi connectivity index (χ1v) is 12.1. The fraction of sp³-hybridized carbons (Fsp3) is 0.360. The summed E-state index contributed by atoms with van der Waals surface area (Å²) in [6.07, 6.45) is 5.53. The molecule has 0 N–H and O–H groups in total. The highest BCUT2D eigenvalue weighted by Crippen LogP contribution is 2.50. The largest absolute Gasteiger partial charge is 0.288 e. The molecule has 3 aromatic rings. The third kappa shape index (κ3) is 3.30. The molecule has 1 fully saturated rings. The lowest BCUT2D eigenvalue weighted by atomic mass is 9.68. The highest BCUT2D eigenvalue weighted by molar-refractivity contribution is 7.98. The van der Waals surface area contributed by atoms with Crippen LogP contribution in [0, 0.1) is 0 Å². The van der Waals surface area contributed by atoms with Crippen molar-refractivity contribution in [3.63, 3.8) is 0 Å². The first kappa shape index (κ1) is 19.9. The van der Waals surface area contributed by atoms with Crippen molar-refractivity contribution in [2.45, 2.75) is 61.9 Å². The van der Waals surface area contributed by atoms with Crippen molar-refractivity contribution in [1.29, 1.82) is 0 Å². The van der Waals surface area contributed by atoms with Gasteiger partial charge < -0.3 is 0 Å². The molecule has 0 unspecified atom stereocenters. The van der Waals surface area contributed by atoms with Gasteiger partial charge in [0.15, 0.2) is 5.16 Å². The van der Waals surface area contributed by atoms with Crippen LogP contribution in [0.3, 0.4) is 0 Å². The number of halogens is 1. The van der Waals surface area contributed by atoms with Crippen molar-refractivity contribution in [3.05, 3.63) is 80.6 Å². The number of aromatic nitrogens is 2. The fourth-order valence-corrected chi connectivity index (χ4v) is 6.30. The first-order chi connectivity index (χ1) is 14.6. The van der Waals surface area contributed by atoms with Crippen LogP contribution in [0.15, 0.2) is 58.5 Å². The molecule has 0 saturated heterocycles. The number of hydrogen-bond donors (Lipinski definition) is 0. The molecule has 1 saturated carbocycles. The zero-order valence-electron chi connectivity index (χ0n) is 17.2. The monoisotopic (exact) mass is 436 g/mol. The van der Waals surface area contributed by atoms with Gasteiger partial charge >= 0.3 is 0 Å². The molecule has 0 atom stereocenters. The normalized spacial score (nSPS) is 16.5. The molecule has 30 heavy (non-hydrogen) atoms. The van der Waals surface area contributed by atoms with E-state index in [4.69, 9.17) is 16.6 Å². The van der Waals surface area contributed by atoms with Gasteiger partial charge in [0, 0.05) is 28.3 Å². The van der Waals surface area contributed by atoms with Crippen molar-refractivity contribution < 1.29 is 0 Å². The van der Waals surface area contributed by atoms with E-state index in [-0.39, 0.29) is 11.0 Å². The van der Waals surface area contributed by atoms with Gasteiger partial charge in [-0.15, -0.1) is 0 Å². The van der Waals surface area contributed by atoms with E-state index in [1.807, 2.05) is 35.8 Å². The average Bonchev–Trinajstić information content (AvgIpc) is 3.21. The van der Waals surface area contributed by atoms with Crippen LogP contribution >= 0.6 is 23.4 Å². The van der Waals surface area contributed by atoms with Gasteiger partial charge in [-0.3, -0.25) is 9.36 Å². The third-order valence-corrected chi connectivity index (χ3v) is 7.92. The van der Waals surface area contributed by atoms with E-state index in [0.29, 0.717) is 6.54 Å². The van der Waals surface area contributed by atoms with Gasteiger partial charge in [0.25, 0.3) is 5.56 Å². The van der Waals surface area contributed by atoms with E-state index in [1.165, 1.54) is 24.0 Å². The summed E-state index contributed by atoms with van der Waals surface area (Å²) < 4.78 is 1.88. The molecular formula is C25H25ClN2OS. The molecule has 2 aliphatic rings. The van der Waals surface area contributed by atoms with Crippen LogP contribution in [0.25, 0.3) is 11.3 Å². The number of benzene rings is 2. The molecule has 2 aromatic carbocycles. The zero-order chi connectivity index (χ0) is 20.7. The maximum Gasteiger partial charge on any atom is 0.258 e. The number of thioether (sulfide) groups is 1. The molecule has 2 aliphatic carbocycles. The molecular weight excluding hydrogens is 412 g/mol. The predicted molar refractivity (Wildman–Crippen MR) is 124 cm³/mol. The minimum Gasteiger partial charge on any atom is -0.288 e. The van der Waals surface area contributed by atoms with Crippen LogP contribution in [-0.2, 0) is 24.1 Å². The number of hydrogen-bond acceptors (Lipinski definition) is 3. The van der Waals surface area contributed by atoms with Crippen molar-refractivity contribution in [2.75, 3.05) is 0 Å². The van der Waals surface area contributed by atoms with E-state index in [0.717, 1.165) is 52.0 Å². The Balaban J connectivity index is 1.63. The van der Waals surface area contributed by atoms with Crippen LogP contribution in [0.2, 0.25) is 5.02 Å². The molecule has 0 bridgehead atoms. The van der Waals surface area contributed by atoms with Crippen LogP contribution in [0.1, 0.15) is 49.3 Å². The standard InChI is InChI=1S/C25H25ClN2OS/c1-2-28-23(29)21-22(27-24(28)30-16-17-9-11-19(26)12-10-17)20-8-4-3-7-18(20)15-25(21)13-5-6-14-25/h3-4,7-12H,2,5-6,13-16H2,1H3. The SMILES string of the molecule is CCn1c(SCc2ccc(Cl)cc2)nc2c(c1=O)C1(CCCC1)Cc1ccccc1-2. The topological polar surface area (TPSA) is 34.9 Å². The van der Waals surface area contributed by atoms with Crippen molar-refractivity contribution >= 4 is 23.4 Å². The summed E-state index contributed by atoms with van der Waals surface area (Å²) in [6.45, 7) is 2.68. The van der Waals surface area contributed by atoms with E-state index >= 15 is 0 Å². The molecule has 5 heteroatoms. The predicted octanol–water partition coefficient (Wildman–Crippen LogP) is 6.24. The molecule has 3 nitrogen and oxygen atoms in total. The van der Waals surface area contributed by atoms with Gasteiger partial charge in [0.2, 0.25) is 0 Å². The van der Waals surface area contributed by atoms with E-state index in [2.05, 4.69) is 24.3 Å². The molecule has 1 aromatic heterocycles. The Hall–Kier alpha value is -2.04. The molecule has 1 heterocycles. The fourth-order valence-electron chi connectivity index (χ4n) is 5.16. The second kappa shape index (κ2) is 7.90. The molecule has 5 rings (SSSR count). The van der Waals surface area contributed by atoms with Crippen LogP contribution in [0.4, 0.5) is 0 Å². The Bertz CT molecular complexity index is 1150. The minimum absolute atomic E-state index is 0.0376. The van der Waals surface area contributed by atoms with Gasteiger partial charge in [-0.25, -0.2) is 4.98 Å². The molecule has 0 radical (unpaired) electrons. The van der Waals surface area contributed by atoms with E-state index < -0.39 is 0 Å². The van der Waals surface area contributed by atoms with Crippen molar-refractivity contribution in [3.8, 4) is 11.3 Å². The summed E-state index contributed by atoms with van der Waals surface area (Å²) in [4.78, 5) is 18.9.